The predicted molar refractivity (Wildman–Crippen MR) is 55.9 cm³/mol. The Morgan fingerprint density at radius 3 is 3.00 bits per heavy atom. The van der Waals surface area contributed by atoms with E-state index in [-0.39, 0.29) is 6.04 Å². The molecule has 0 bridgehead atoms. The van der Waals surface area contributed by atoms with E-state index >= 15 is 0 Å². The van der Waals surface area contributed by atoms with Gasteiger partial charge in [0.15, 0.2) is 0 Å². The van der Waals surface area contributed by atoms with Gasteiger partial charge in [-0.1, -0.05) is 0 Å². The minimum absolute atomic E-state index is 0.238. The minimum atomic E-state index is 0.238. The summed E-state index contributed by atoms with van der Waals surface area (Å²) < 4.78 is 0. The van der Waals surface area contributed by atoms with Crippen molar-refractivity contribution in [2.45, 2.75) is 19.5 Å². The highest BCUT2D eigenvalue weighted by atomic mass is 15.1. The topological polar surface area (TPSA) is 66.5 Å². The fraction of sp³-hybridized carbons (Fsp3) is 0.300. The molecule has 0 radical (unpaired) electrons. The Kier molecular flexibility index (Phi) is 3.04. The lowest BCUT2D eigenvalue weighted by atomic mass is 10.2. The summed E-state index contributed by atoms with van der Waals surface area (Å²) in [6.45, 7) is 2.80. The van der Waals surface area contributed by atoms with Gasteiger partial charge >= 0.3 is 0 Å². The van der Waals surface area contributed by atoms with Gasteiger partial charge in [-0.25, -0.2) is 9.97 Å². The average molecular weight is 203 g/mol. The Labute approximate surface area is 88.0 Å². The summed E-state index contributed by atoms with van der Waals surface area (Å²) in [5.41, 5.74) is 2.06. The molecule has 2 N–H and O–H groups in total. The molecule has 2 rings (SSSR count). The molecule has 0 aliphatic rings. The zero-order valence-corrected chi connectivity index (χ0v) is 8.51. The number of aromatic amines is 1. The third kappa shape index (κ3) is 2.60. The average Bonchev–Trinajstić information content (AvgIpc) is 2.81. The molecule has 0 spiro atoms. The molecule has 0 amide bonds. The first-order valence-corrected chi connectivity index (χ1v) is 4.84. The van der Waals surface area contributed by atoms with Gasteiger partial charge in [-0.05, 0) is 19.1 Å². The van der Waals surface area contributed by atoms with E-state index in [2.05, 4.69) is 32.4 Å². The Morgan fingerprint density at radius 1 is 1.40 bits per heavy atom. The van der Waals surface area contributed by atoms with Crippen molar-refractivity contribution in [1.29, 1.82) is 0 Å². The highest BCUT2D eigenvalue weighted by Crippen LogP contribution is 2.07. The first-order valence-electron chi connectivity index (χ1n) is 4.84. The van der Waals surface area contributed by atoms with E-state index in [4.69, 9.17) is 0 Å². The second-order valence-corrected chi connectivity index (χ2v) is 3.32. The van der Waals surface area contributed by atoms with Crippen LogP contribution < -0.4 is 5.32 Å². The van der Waals surface area contributed by atoms with Gasteiger partial charge in [0, 0.05) is 25.0 Å². The predicted octanol–water partition coefficient (Wildman–Crippen LogP) is 1.05. The number of aromatic nitrogens is 4. The van der Waals surface area contributed by atoms with E-state index in [1.807, 2.05) is 12.1 Å². The molecule has 0 fully saturated rings. The van der Waals surface area contributed by atoms with Crippen molar-refractivity contribution in [3.8, 4) is 0 Å². The maximum Gasteiger partial charge on any atom is 0.115 e. The molecule has 2 aromatic rings. The van der Waals surface area contributed by atoms with Crippen molar-refractivity contribution >= 4 is 0 Å². The Balaban J connectivity index is 1.89. The van der Waals surface area contributed by atoms with Crippen LogP contribution in [-0.4, -0.2) is 20.2 Å². The van der Waals surface area contributed by atoms with Crippen molar-refractivity contribution in [2.75, 3.05) is 0 Å². The first kappa shape index (κ1) is 9.79. The maximum absolute atomic E-state index is 4.13. The van der Waals surface area contributed by atoms with Crippen LogP contribution in [0.5, 0.6) is 0 Å². The van der Waals surface area contributed by atoms with Gasteiger partial charge in [0.05, 0.1) is 11.4 Å². The van der Waals surface area contributed by atoms with Crippen LogP contribution in [0.15, 0.2) is 30.9 Å². The van der Waals surface area contributed by atoms with Crippen molar-refractivity contribution < 1.29 is 0 Å². The fourth-order valence-corrected chi connectivity index (χ4v) is 1.30. The van der Waals surface area contributed by atoms with E-state index in [0.717, 1.165) is 17.9 Å². The van der Waals surface area contributed by atoms with Crippen LogP contribution in [0, 0.1) is 0 Å². The zero-order valence-electron chi connectivity index (χ0n) is 8.51. The smallest absolute Gasteiger partial charge is 0.115 e. The third-order valence-corrected chi connectivity index (χ3v) is 2.22. The minimum Gasteiger partial charge on any atom is -0.303 e. The summed E-state index contributed by atoms with van der Waals surface area (Å²) in [5, 5.41) is 10.2. The molecule has 0 aliphatic heterocycles. The molecule has 15 heavy (non-hydrogen) atoms. The lowest BCUT2D eigenvalue weighted by Crippen LogP contribution is -2.19. The second kappa shape index (κ2) is 4.65. The van der Waals surface area contributed by atoms with Gasteiger partial charge in [0.1, 0.15) is 6.33 Å². The first-order chi connectivity index (χ1) is 7.36. The molecular weight excluding hydrogens is 190 g/mol. The van der Waals surface area contributed by atoms with Crippen molar-refractivity contribution in [1.82, 2.24) is 25.5 Å². The van der Waals surface area contributed by atoms with Crippen LogP contribution in [0.3, 0.4) is 0 Å². The summed E-state index contributed by atoms with van der Waals surface area (Å²) in [7, 11) is 0. The largest absolute Gasteiger partial charge is 0.303 e. The summed E-state index contributed by atoms with van der Waals surface area (Å²) >= 11 is 0. The maximum atomic E-state index is 4.13. The van der Waals surface area contributed by atoms with Gasteiger partial charge in [-0.2, -0.15) is 5.10 Å². The number of nitrogens with one attached hydrogen (secondary N) is 2. The van der Waals surface area contributed by atoms with Crippen molar-refractivity contribution in [3.63, 3.8) is 0 Å². The zero-order chi connectivity index (χ0) is 10.5. The highest BCUT2D eigenvalue weighted by molar-refractivity contribution is 5.04. The Hall–Kier alpha value is -1.75. The molecular formula is C10H13N5. The molecule has 5 heteroatoms. The molecule has 2 heterocycles. The molecule has 1 atom stereocenters. The second-order valence-electron chi connectivity index (χ2n) is 3.32. The van der Waals surface area contributed by atoms with E-state index in [0.29, 0.717) is 0 Å². The number of rotatable bonds is 4. The standard InChI is InChI=1S/C10H13N5/c1-8(10-3-5-14-15-10)12-6-9-2-4-11-7-13-9/h2-5,7-8,12H,6H2,1H3,(H,14,15). The van der Waals surface area contributed by atoms with Crippen LogP contribution in [0.2, 0.25) is 0 Å². The lowest BCUT2D eigenvalue weighted by Gasteiger charge is -2.10. The summed E-state index contributed by atoms with van der Waals surface area (Å²) in [5.74, 6) is 0. The quantitative estimate of drug-likeness (QED) is 0.779. The normalized spacial score (nSPS) is 12.6. The molecule has 5 nitrogen and oxygen atoms in total. The fourth-order valence-electron chi connectivity index (χ4n) is 1.30. The SMILES string of the molecule is CC(NCc1ccncn1)c1ccn[nH]1. The van der Waals surface area contributed by atoms with Crippen LogP contribution in [0.4, 0.5) is 0 Å². The number of H-pyrrole nitrogens is 1. The number of hydrogen-bond donors (Lipinski definition) is 2. The van der Waals surface area contributed by atoms with Gasteiger partial charge in [0.2, 0.25) is 0 Å². The van der Waals surface area contributed by atoms with Gasteiger partial charge in [-0.3, -0.25) is 5.10 Å². The van der Waals surface area contributed by atoms with Gasteiger partial charge in [-0.15, -0.1) is 0 Å². The molecule has 0 saturated heterocycles. The number of nitrogens with zero attached hydrogens (tertiary/aromatic N) is 3. The van der Waals surface area contributed by atoms with Crippen LogP contribution in [0.25, 0.3) is 0 Å². The van der Waals surface area contributed by atoms with Gasteiger partial charge in [0.25, 0.3) is 0 Å². The lowest BCUT2D eigenvalue weighted by molar-refractivity contribution is 0.553. The van der Waals surface area contributed by atoms with Crippen molar-refractivity contribution in [3.05, 3.63) is 42.2 Å². The molecule has 0 saturated carbocycles. The number of hydrogen-bond acceptors (Lipinski definition) is 4. The van der Waals surface area contributed by atoms with E-state index in [1.165, 1.54) is 0 Å². The molecule has 1 unspecified atom stereocenters. The van der Waals surface area contributed by atoms with Crippen LogP contribution >= 0.6 is 0 Å². The monoisotopic (exact) mass is 203 g/mol. The Bertz CT molecular complexity index is 383. The Morgan fingerprint density at radius 2 is 2.33 bits per heavy atom. The summed E-state index contributed by atoms with van der Waals surface area (Å²) in [6, 6.07) is 4.09. The molecule has 78 valence electrons. The van der Waals surface area contributed by atoms with E-state index in [1.54, 1.807) is 18.7 Å². The van der Waals surface area contributed by atoms with E-state index < -0.39 is 0 Å². The molecule has 0 aromatic carbocycles. The molecule has 2 aromatic heterocycles. The van der Waals surface area contributed by atoms with Crippen LogP contribution in [-0.2, 0) is 6.54 Å². The molecule has 0 aliphatic carbocycles. The third-order valence-electron chi connectivity index (χ3n) is 2.22. The van der Waals surface area contributed by atoms with Crippen molar-refractivity contribution in [2.24, 2.45) is 0 Å². The van der Waals surface area contributed by atoms with E-state index in [9.17, 15) is 0 Å². The summed E-state index contributed by atoms with van der Waals surface area (Å²) in [4.78, 5) is 8.00. The highest BCUT2D eigenvalue weighted by Gasteiger charge is 2.05. The summed E-state index contributed by atoms with van der Waals surface area (Å²) in [6.07, 6.45) is 5.04. The van der Waals surface area contributed by atoms with Crippen LogP contribution in [0.1, 0.15) is 24.4 Å². The van der Waals surface area contributed by atoms with Gasteiger partial charge < -0.3 is 5.32 Å².